The van der Waals surface area contributed by atoms with Crippen LogP contribution in [-0.4, -0.2) is 0 Å². The largest absolute Gasteiger partial charge is 0.416 e. The Kier molecular flexibility index (Phi) is 7.58. The summed E-state index contributed by atoms with van der Waals surface area (Å²) in [5.74, 6) is 1.52. The normalized spacial score (nSPS) is 20.6. The van der Waals surface area contributed by atoms with Crippen LogP contribution in [0.5, 0.6) is 0 Å². The van der Waals surface area contributed by atoms with E-state index >= 15 is 0 Å². The van der Waals surface area contributed by atoms with Crippen molar-refractivity contribution >= 4 is 11.6 Å². The molecule has 3 rings (SSSR count). The SMILES string of the molecule is CC=CCCC1CCC(c2ccc(C=C(C)c3ccc(C(F)(F)F)cc3)cc2)CC1. The fraction of sp³-hybridized carbons (Fsp3) is 0.407. The van der Waals surface area contributed by atoms with Crippen LogP contribution in [0.4, 0.5) is 13.2 Å². The molecule has 0 unspecified atom stereocenters. The van der Waals surface area contributed by atoms with Gasteiger partial charge in [0.15, 0.2) is 0 Å². The van der Waals surface area contributed by atoms with E-state index in [1.165, 1.54) is 56.2 Å². The van der Waals surface area contributed by atoms with Gasteiger partial charge in [-0.1, -0.05) is 54.6 Å². The molecule has 0 heterocycles. The Morgan fingerprint density at radius 3 is 2.13 bits per heavy atom. The lowest BCUT2D eigenvalue weighted by Gasteiger charge is -2.28. The van der Waals surface area contributed by atoms with Crippen molar-refractivity contribution in [1.29, 1.82) is 0 Å². The zero-order chi connectivity index (χ0) is 21.6. The Balaban J connectivity index is 1.59. The third-order valence-electron chi connectivity index (χ3n) is 6.28. The minimum absolute atomic E-state index is 0.611. The Labute approximate surface area is 178 Å². The van der Waals surface area contributed by atoms with Crippen molar-refractivity contribution in [3.05, 3.63) is 82.9 Å². The molecule has 0 saturated heterocycles. The molecular weight excluding hydrogens is 381 g/mol. The number of alkyl halides is 3. The molecule has 0 amide bonds. The topological polar surface area (TPSA) is 0 Å². The molecule has 0 atom stereocenters. The summed E-state index contributed by atoms with van der Waals surface area (Å²) >= 11 is 0. The molecular formula is C27H31F3. The maximum absolute atomic E-state index is 12.7. The molecule has 30 heavy (non-hydrogen) atoms. The van der Waals surface area contributed by atoms with E-state index in [0.717, 1.165) is 34.8 Å². The Morgan fingerprint density at radius 1 is 0.933 bits per heavy atom. The minimum Gasteiger partial charge on any atom is -0.166 e. The number of rotatable bonds is 6. The smallest absolute Gasteiger partial charge is 0.166 e. The molecule has 1 aliphatic carbocycles. The summed E-state index contributed by atoms with van der Waals surface area (Å²) in [6, 6.07) is 14.1. The zero-order valence-electron chi connectivity index (χ0n) is 17.9. The van der Waals surface area contributed by atoms with Crippen molar-refractivity contribution in [2.24, 2.45) is 5.92 Å². The lowest BCUT2D eigenvalue weighted by atomic mass is 9.77. The fourth-order valence-electron chi connectivity index (χ4n) is 4.40. The lowest BCUT2D eigenvalue weighted by molar-refractivity contribution is -0.137. The van der Waals surface area contributed by atoms with E-state index in [-0.39, 0.29) is 0 Å². The van der Waals surface area contributed by atoms with Gasteiger partial charge in [-0.3, -0.25) is 0 Å². The highest BCUT2D eigenvalue weighted by Gasteiger charge is 2.30. The number of halogens is 3. The van der Waals surface area contributed by atoms with Crippen LogP contribution in [0.1, 0.15) is 80.5 Å². The van der Waals surface area contributed by atoms with Crippen LogP contribution >= 0.6 is 0 Å². The molecule has 1 saturated carbocycles. The first-order chi connectivity index (χ1) is 14.4. The van der Waals surface area contributed by atoms with Crippen LogP contribution in [0.25, 0.3) is 11.6 Å². The molecule has 0 nitrogen and oxygen atoms in total. The highest BCUT2D eigenvalue weighted by molar-refractivity contribution is 5.80. The fourth-order valence-corrected chi connectivity index (χ4v) is 4.40. The van der Waals surface area contributed by atoms with Gasteiger partial charge < -0.3 is 0 Å². The van der Waals surface area contributed by atoms with Crippen LogP contribution in [0.15, 0.2) is 60.7 Å². The lowest BCUT2D eigenvalue weighted by Crippen LogP contribution is -2.13. The summed E-state index contributed by atoms with van der Waals surface area (Å²) < 4.78 is 38.2. The van der Waals surface area contributed by atoms with Crippen molar-refractivity contribution in [1.82, 2.24) is 0 Å². The molecule has 0 spiro atoms. The molecule has 0 radical (unpaired) electrons. The molecule has 2 aromatic rings. The minimum atomic E-state index is -4.29. The van der Waals surface area contributed by atoms with Gasteiger partial charge in [0.05, 0.1) is 5.56 Å². The maximum atomic E-state index is 12.7. The summed E-state index contributed by atoms with van der Waals surface area (Å²) in [4.78, 5) is 0. The monoisotopic (exact) mass is 412 g/mol. The van der Waals surface area contributed by atoms with E-state index in [9.17, 15) is 13.2 Å². The standard InChI is InChI=1S/C27H31F3/c1-3-4-5-6-21-7-11-24(12-8-21)25-13-9-22(10-14-25)19-20(2)23-15-17-26(18-16-23)27(28,29)30/h3-4,9-10,13-19,21,24H,5-8,11-12H2,1-2H3. The molecule has 3 heteroatoms. The van der Waals surface area contributed by atoms with E-state index in [0.29, 0.717) is 5.92 Å². The van der Waals surface area contributed by atoms with Gasteiger partial charge >= 0.3 is 6.18 Å². The highest BCUT2D eigenvalue weighted by Crippen LogP contribution is 2.37. The van der Waals surface area contributed by atoms with Crippen molar-refractivity contribution < 1.29 is 13.2 Å². The summed E-state index contributed by atoms with van der Waals surface area (Å²) in [6.45, 7) is 4.02. The van der Waals surface area contributed by atoms with Gasteiger partial charge in [-0.2, -0.15) is 13.2 Å². The number of hydrogen-bond acceptors (Lipinski definition) is 0. The zero-order valence-corrected chi connectivity index (χ0v) is 17.9. The van der Waals surface area contributed by atoms with Gasteiger partial charge in [0.25, 0.3) is 0 Å². The summed E-state index contributed by atoms with van der Waals surface area (Å²) in [7, 11) is 0. The van der Waals surface area contributed by atoms with Crippen molar-refractivity contribution in [2.45, 2.75) is 64.5 Å². The van der Waals surface area contributed by atoms with Crippen LogP contribution in [0.3, 0.4) is 0 Å². The average Bonchev–Trinajstić information content (AvgIpc) is 2.74. The molecule has 0 N–H and O–H groups in total. The number of allylic oxidation sites excluding steroid dienone is 3. The second-order valence-electron chi connectivity index (χ2n) is 8.43. The third-order valence-corrected chi connectivity index (χ3v) is 6.28. The summed E-state index contributed by atoms with van der Waals surface area (Å²) in [5, 5.41) is 0. The van der Waals surface area contributed by atoms with Crippen LogP contribution in [-0.2, 0) is 6.18 Å². The quantitative estimate of drug-likeness (QED) is 0.328. The third kappa shape index (κ3) is 6.10. The van der Waals surface area contributed by atoms with Crippen molar-refractivity contribution in [2.75, 3.05) is 0 Å². The van der Waals surface area contributed by atoms with Gasteiger partial charge in [0.2, 0.25) is 0 Å². The van der Waals surface area contributed by atoms with Crippen molar-refractivity contribution in [3.63, 3.8) is 0 Å². The molecule has 0 aliphatic heterocycles. The summed E-state index contributed by atoms with van der Waals surface area (Å²) in [5.41, 5.74) is 3.64. The predicted molar refractivity (Wildman–Crippen MR) is 120 cm³/mol. The number of benzene rings is 2. The predicted octanol–water partition coefficient (Wildman–Crippen LogP) is 8.90. The molecule has 1 aliphatic rings. The van der Waals surface area contributed by atoms with Crippen LogP contribution in [0, 0.1) is 5.92 Å². The Hall–Kier alpha value is -2.29. The van der Waals surface area contributed by atoms with Crippen LogP contribution < -0.4 is 0 Å². The first-order valence-corrected chi connectivity index (χ1v) is 10.9. The van der Waals surface area contributed by atoms with E-state index in [1.54, 1.807) is 0 Å². The molecule has 2 aromatic carbocycles. The Morgan fingerprint density at radius 2 is 1.57 bits per heavy atom. The molecule has 160 valence electrons. The molecule has 0 aromatic heterocycles. The van der Waals surface area contributed by atoms with Gasteiger partial charge in [-0.25, -0.2) is 0 Å². The van der Waals surface area contributed by atoms with Gasteiger partial charge in [0, 0.05) is 0 Å². The van der Waals surface area contributed by atoms with Crippen LogP contribution in [0.2, 0.25) is 0 Å². The van der Waals surface area contributed by atoms with Crippen molar-refractivity contribution in [3.8, 4) is 0 Å². The summed E-state index contributed by atoms with van der Waals surface area (Å²) in [6.07, 6.45) is 9.82. The second-order valence-corrected chi connectivity index (χ2v) is 8.43. The average molecular weight is 413 g/mol. The molecule has 1 fully saturated rings. The highest BCUT2D eigenvalue weighted by atomic mass is 19.4. The first kappa shape index (κ1) is 22.4. The van der Waals surface area contributed by atoms with E-state index in [2.05, 4.69) is 43.3 Å². The van der Waals surface area contributed by atoms with E-state index < -0.39 is 11.7 Å². The Bertz CT molecular complexity index is 846. The van der Waals surface area contributed by atoms with Gasteiger partial charge in [0.1, 0.15) is 0 Å². The maximum Gasteiger partial charge on any atom is 0.416 e. The second kappa shape index (κ2) is 10.1. The van der Waals surface area contributed by atoms with Gasteiger partial charge in [-0.15, -0.1) is 0 Å². The van der Waals surface area contributed by atoms with E-state index in [4.69, 9.17) is 0 Å². The molecule has 0 bridgehead atoms. The number of hydrogen-bond donors (Lipinski definition) is 0. The van der Waals surface area contributed by atoms with Gasteiger partial charge in [-0.05, 0) is 98.6 Å². The van der Waals surface area contributed by atoms with E-state index in [1.807, 2.05) is 13.0 Å². The first-order valence-electron chi connectivity index (χ1n) is 10.9.